The first-order chi connectivity index (χ1) is 10.8. The Morgan fingerprint density at radius 1 is 1.23 bits per heavy atom. The summed E-state index contributed by atoms with van der Waals surface area (Å²) in [4.78, 5) is 14.8. The van der Waals surface area contributed by atoms with E-state index >= 15 is 0 Å². The molecule has 0 spiro atoms. The molecule has 1 aliphatic carbocycles. The molecule has 0 radical (unpaired) electrons. The minimum atomic E-state index is 0.165. The monoisotopic (exact) mass is 333 g/mol. The lowest BCUT2D eigenvalue weighted by atomic mass is 9.93. The SMILES string of the molecule is O=C(CSc1nncs1)N(c1ccccc1)C1CCCCC1. The van der Waals surface area contributed by atoms with Gasteiger partial charge in [0, 0.05) is 11.7 Å². The van der Waals surface area contributed by atoms with Gasteiger partial charge in [0.25, 0.3) is 0 Å². The van der Waals surface area contributed by atoms with Crippen molar-refractivity contribution in [3.05, 3.63) is 35.8 Å². The Balaban J connectivity index is 1.73. The maximum absolute atomic E-state index is 12.8. The lowest BCUT2D eigenvalue weighted by Crippen LogP contribution is -2.42. The topological polar surface area (TPSA) is 46.1 Å². The first kappa shape index (κ1) is 15.5. The zero-order chi connectivity index (χ0) is 15.2. The Labute approximate surface area is 138 Å². The highest BCUT2D eigenvalue weighted by molar-refractivity contribution is 8.01. The van der Waals surface area contributed by atoms with Crippen LogP contribution in [0.4, 0.5) is 5.69 Å². The summed E-state index contributed by atoms with van der Waals surface area (Å²) in [6.45, 7) is 0. The lowest BCUT2D eigenvalue weighted by Gasteiger charge is -2.34. The molecule has 0 saturated heterocycles. The maximum Gasteiger partial charge on any atom is 0.237 e. The quantitative estimate of drug-likeness (QED) is 0.776. The number of hydrogen-bond donors (Lipinski definition) is 0. The Hall–Kier alpha value is -1.40. The largest absolute Gasteiger partial charge is 0.309 e. The molecule has 0 aliphatic heterocycles. The van der Waals surface area contributed by atoms with Crippen molar-refractivity contribution >= 4 is 34.7 Å². The van der Waals surface area contributed by atoms with E-state index in [0.29, 0.717) is 11.8 Å². The first-order valence-corrected chi connectivity index (χ1v) is 9.47. The van der Waals surface area contributed by atoms with E-state index in [1.54, 1.807) is 5.51 Å². The van der Waals surface area contributed by atoms with Crippen molar-refractivity contribution in [2.45, 2.75) is 42.5 Å². The van der Waals surface area contributed by atoms with E-state index in [1.165, 1.54) is 42.4 Å². The number of carbonyl (C=O) groups excluding carboxylic acids is 1. The van der Waals surface area contributed by atoms with Gasteiger partial charge in [-0.3, -0.25) is 4.79 Å². The van der Waals surface area contributed by atoms with Gasteiger partial charge >= 0.3 is 0 Å². The predicted molar refractivity (Wildman–Crippen MR) is 91.4 cm³/mol. The van der Waals surface area contributed by atoms with Crippen molar-refractivity contribution in [2.75, 3.05) is 10.7 Å². The third-order valence-electron chi connectivity index (χ3n) is 3.90. The number of carbonyl (C=O) groups is 1. The second-order valence-corrected chi connectivity index (χ2v) is 7.44. The zero-order valence-electron chi connectivity index (χ0n) is 12.4. The summed E-state index contributed by atoms with van der Waals surface area (Å²) in [5, 5.41) is 7.81. The lowest BCUT2D eigenvalue weighted by molar-refractivity contribution is -0.116. The number of nitrogens with zero attached hydrogens (tertiary/aromatic N) is 3. The van der Waals surface area contributed by atoms with Gasteiger partial charge in [0.05, 0.1) is 5.75 Å². The molecule has 0 N–H and O–H groups in total. The van der Waals surface area contributed by atoms with E-state index in [4.69, 9.17) is 0 Å². The molecule has 1 heterocycles. The van der Waals surface area contributed by atoms with E-state index in [0.717, 1.165) is 22.9 Å². The highest BCUT2D eigenvalue weighted by Crippen LogP contribution is 2.29. The van der Waals surface area contributed by atoms with Crippen LogP contribution >= 0.6 is 23.1 Å². The molecule has 0 atom stereocenters. The fraction of sp³-hybridized carbons (Fsp3) is 0.438. The van der Waals surface area contributed by atoms with Crippen molar-refractivity contribution in [1.29, 1.82) is 0 Å². The number of benzene rings is 1. The van der Waals surface area contributed by atoms with Gasteiger partial charge in [0.15, 0.2) is 4.34 Å². The third-order valence-corrected chi connectivity index (χ3v) is 5.75. The summed E-state index contributed by atoms with van der Waals surface area (Å²) in [5.41, 5.74) is 2.71. The van der Waals surface area contributed by atoms with Crippen molar-refractivity contribution in [2.24, 2.45) is 0 Å². The molecule has 2 aromatic rings. The summed E-state index contributed by atoms with van der Waals surface area (Å²) in [6.07, 6.45) is 5.91. The van der Waals surface area contributed by atoms with Gasteiger partial charge in [-0.05, 0) is 25.0 Å². The molecule has 1 aromatic carbocycles. The summed E-state index contributed by atoms with van der Waals surface area (Å²) in [5.74, 6) is 0.582. The van der Waals surface area contributed by atoms with Gasteiger partial charge in [-0.15, -0.1) is 10.2 Å². The molecule has 1 saturated carbocycles. The number of rotatable bonds is 5. The minimum absolute atomic E-state index is 0.165. The van der Waals surface area contributed by atoms with Crippen LogP contribution in [0.2, 0.25) is 0 Å². The van der Waals surface area contributed by atoms with Crippen LogP contribution in [0.15, 0.2) is 40.2 Å². The van der Waals surface area contributed by atoms with Crippen LogP contribution in [-0.2, 0) is 4.79 Å². The van der Waals surface area contributed by atoms with Gasteiger partial charge in [-0.1, -0.05) is 60.6 Å². The highest BCUT2D eigenvalue weighted by Gasteiger charge is 2.26. The molecular weight excluding hydrogens is 314 g/mol. The van der Waals surface area contributed by atoms with Crippen LogP contribution in [0.5, 0.6) is 0 Å². The van der Waals surface area contributed by atoms with Crippen molar-refractivity contribution in [3.8, 4) is 0 Å². The molecule has 6 heteroatoms. The van der Waals surface area contributed by atoms with Crippen LogP contribution in [0.25, 0.3) is 0 Å². The average Bonchev–Trinajstić information content (AvgIpc) is 3.09. The Bertz CT molecular complexity index is 583. The van der Waals surface area contributed by atoms with Crippen LogP contribution in [0, 0.1) is 0 Å². The summed E-state index contributed by atoms with van der Waals surface area (Å²) in [6, 6.07) is 10.4. The molecule has 4 nitrogen and oxygen atoms in total. The van der Waals surface area contributed by atoms with E-state index in [-0.39, 0.29) is 5.91 Å². The molecule has 3 rings (SSSR count). The molecule has 1 fully saturated rings. The second kappa shape index (κ2) is 7.74. The van der Waals surface area contributed by atoms with Crippen molar-refractivity contribution in [1.82, 2.24) is 10.2 Å². The molecule has 1 aromatic heterocycles. The van der Waals surface area contributed by atoms with E-state index < -0.39 is 0 Å². The Morgan fingerprint density at radius 3 is 2.68 bits per heavy atom. The standard InChI is InChI=1S/C16H19N3OS2/c20-15(11-21-16-18-17-12-22-16)19(13-7-3-1-4-8-13)14-9-5-2-6-10-14/h1,3-4,7-8,12,14H,2,5-6,9-11H2. The Morgan fingerprint density at radius 2 is 2.00 bits per heavy atom. The van der Waals surface area contributed by atoms with Gasteiger partial charge < -0.3 is 4.90 Å². The average molecular weight is 333 g/mol. The Kier molecular flexibility index (Phi) is 5.45. The molecule has 0 unspecified atom stereocenters. The number of amides is 1. The number of hydrogen-bond acceptors (Lipinski definition) is 5. The number of para-hydroxylation sites is 1. The molecule has 116 valence electrons. The molecule has 22 heavy (non-hydrogen) atoms. The first-order valence-electron chi connectivity index (χ1n) is 7.60. The molecule has 1 aliphatic rings. The summed E-state index contributed by atoms with van der Waals surface area (Å²) < 4.78 is 0.852. The highest BCUT2D eigenvalue weighted by atomic mass is 32.2. The smallest absolute Gasteiger partial charge is 0.237 e. The number of thioether (sulfide) groups is 1. The van der Waals surface area contributed by atoms with E-state index in [9.17, 15) is 4.79 Å². The molecule has 1 amide bonds. The molecule has 0 bridgehead atoms. The van der Waals surface area contributed by atoms with Crippen molar-refractivity contribution < 1.29 is 4.79 Å². The van der Waals surface area contributed by atoms with Gasteiger partial charge in [-0.25, -0.2) is 0 Å². The minimum Gasteiger partial charge on any atom is -0.309 e. The third kappa shape index (κ3) is 3.87. The number of aromatic nitrogens is 2. The van der Waals surface area contributed by atoms with Crippen LogP contribution in [0.1, 0.15) is 32.1 Å². The zero-order valence-corrected chi connectivity index (χ0v) is 14.0. The van der Waals surface area contributed by atoms with Crippen LogP contribution in [-0.4, -0.2) is 27.9 Å². The van der Waals surface area contributed by atoms with Crippen molar-refractivity contribution in [3.63, 3.8) is 0 Å². The van der Waals surface area contributed by atoms with E-state index in [2.05, 4.69) is 10.2 Å². The fourth-order valence-corrected chi connectivity index (χ4v) is 4.25. The maximum atomic E-state index is 12.8. The normalized spacial score (nSPS) is 15.6. The van der Waals surface area contributed by atoms with Gasteiger partial charge in [0.2, 0.25) is 5.91 Å². The fourth-order valence-electron chi connectivity index (χ4n) is 2.91. The van der Waals surface area contributed by atoms with Gasteiger partial charge in [-0.2, -0.15) is 0 Å². The summed E-state index contributed by atoms with van der Waals surface area (Å²) >= 11 is 2.95. The molecular formula is C16H19N3OS2. The summed E-state index contributed by atoms with van der Waals surface area (Å²) in [7, 11) is 0. The second-order valence-electron chi connectivity index (χ2n) is 5.38. The predicted octanol–water partition coefficient (Wildman–Crippen LogP) is 4.00. The van der Waals surface area contributed by atoms with Gasteiger partial charge in [0.1, 0.15) is 5.51 Å². The van der Waals surface area contributed by atoms with E-state index in [1.807, 2.05) is 35.2 Å². The van der Waals surface area contributed by atoms with Crippen LogP contribution in [0.3, 0.4) is 0 Å². The van der Waals surface area contributed by atoms with Crippen LogP contribution < -0.4 is 4.90 Å². The number of anilines is 1.